The van der Waals surface area contributed by atoms with Crippen LogP contribution in [0.15, 0.2) is 63.9 Å². The van der Waals surface area contributed by atoms with Crippen molar-refractivity contribution in [2.45, 2.75) is 29.4 Å². The van der Waals surface area contributed by atoms with Gasteiger partial charge in [0.05, 0.1) is 9.73 Å². The van der Waals surface area contributed by atoms with E-state index in [1.807, 2.05) is 42.5 Å². The molecule has 3 rings (SSSR count). The largest absolute Gasteiger partial charge is 1.00 e. The van der Waals surface area contributed by atoms with Crippen LogP contribution in [0.3, 0.4) is 0 Å². The Balaban J connectivity index is 0.00000161. The fourth-order valence-electron chi connectivity index (χ4n) is 2.68. The van der Waals surface area contributed by atoms with Crippen LogP contribution in [-0.2, 0) is 16.1 Å². The molecule has 2 aromatic rings. The van der Waals surface area contributed by atoms with Gasteiger partial charge in [0.2, 0.25) is 0 Å². The zero-order chi connectivity index (χ0) is 13.8. The third kappa shape index (κ3) is 3.60. The van der Waals surface area contributed by atoms with Crippen LogP contribution in [0, 0.1) is 6.07 Å². The predicted octanol–water partition coefficient (Wildman–Crippen LogP) is 0.723. The van der Waals surface area contributed by atoms with E-state index in [4.69, 9.17) is 0 Å². The Kier molecular flexibility index (Phi) is 5.70. The minimum Gasteiger partial charge on any atom is -0.247 e. The smallest absolute Gasteiger partial charge is 0.247 e. The molecule has 2 aromatic carbocycles. The summed E-state index contributed by atoms with van der Waals surface area (Å²) >= 11 is 0. The quantitative estimate of drug-likeness (QED) is 0.605. The summed E-state index contributed by atoms with van der Waals surface area (Å²) < 4.78 is 17.9. The van der Waals surface area contributed by atoms with E-state index in [2.05, 4.69) is 22.6 Å². The molecule has 1 heterocycles. The number of nitrogens with zero attached hydrogens (tertiary/aromatic N) is 1. The van der Waals surface area contributed by atoms with Gasteiger partial charge >= 0.3 is 18.9 Å². The van der Waals surface area contributed by atoms with Crippen LogP contribution >= 0.6 is 0 Å². The molecule has 0 aliphatic carbocycles. The molecule has 0 saturated heterocycles. The van der Waals surface area contributed by atoms with Gasteiger partial charge in [0, 0.05) is 11.8 Å². The van der Waals surface area contributed by atoms with E-state index >= 15 is 0 Å². The molecule has 0 radical (unpaired) electrons. The molecule has 0 bridgehead atoms. The minimum absolute atomic E-state index is 0. The van der Waals surface area contributed by atoms with Crippen molar-refractivity contribution in [3.63, 3.8) is 0 Å². The summed E-state index contributed by atoms with van der Waals surface area (Å²) in [5.41, 5.74) is 1.23. The van der Waals surface area contributed by atoms with Crippen molar-refractivity contribution in [2.75, 3.05) is 6.54 Å². The average Bonchev–Trinajstić information content (AvgIpc) is 2.52. The molecular weight excluding hydrogens is 273 g/mol. The van der Waals surface area contributed by atoms with Crippen molar-refractivity contribution >= 4 is 9.73 Å². The summed E-state index contributed by atoms with van der Waals surface area (Å²) in [6, 6.07) is 20.9. The minimum atomic E-state index is -2.34. The Bertz CT molecular complexity index is 678. The first-order chi connectivity index (χ1) is 9.79. The van der Waals surface area contributed by atoms with Gasteiger partial charge < -0.3 is 0 Å². The first-order valence-corrected chi connectivity index (χ1v) is 8.59. The van der Waals surface area contributed by atoms with Crippen molar-refractivity contribution in [1.29, 1.82) is 0 Å². The number of hydrogen-bond donors (Lipinski definition) is 0. The van der Waals surface area contributed by atoms with Crippen molar-refractivity contribution in [2.24, 2.45) is 4.36 Å². The number of hydrogen-bond acceptors (Lipinski definition) is 2. The van der Waals surface area contributed by atoms with Gasteiger partial charge in [-0.15, -0.1) is 0 Å². The molecule has 0 saturated carbocycles. The van der Waals surface area contributed by atoms with Crippen LogP contribution in [0.25, 0.3) is 0 Å². The summed E-state index contributed by atoms with van der Waals surface area (Å²) in [4.78, 5) is 0.764. The van der Waals surface area contributed by atoms with E-state index in [1.54, 1.807) is 0 Å². The summed E-state index contributed by atoms with van der Waals surface area (Å²) in [5.74, 6) is 0. The molecule has 0 spiro atoms. The summed E-state index contributed by atoms with van der Waals surface area (Å²) in [6.45, 7) is 0.701. The first kappa shape index (κ1) is 16.4. The molecule has 0 amide bonds. The molecule has 21 heavy (non-hydrogen) atoms. The first-order valence-electron chi connectivity index (χ1n) is 7.01. The third-order valence-corrected chi connectivity index (χ3v) is 6.48. The van der Waals surface area contributed by atoms with Gasteiger partial charge in [-0.05, 0) is 24.8 Å². The molecule has 2 atom stereocenters. The molecule has 1 aliphatic heterocycles. The summed E-state index contributed by atoms with van der Waals surface area (Å²) in [6.07, 6.45) is 2.83. The topological polar surface area (TPSA) is 29.4 Å². The SMILES string of the molecule is O=[S@@]1(c2[c-]cccc2)=NCCC[C@H]1Cc1ccccc1.[Li+]. The molecular formula is C17H18LiNOS. The van der Waals surface area contributed by atoms with E-state index in [0.29, 0.717) is 6.54 Å². The van der Waals surface area contributed by atoms with Gasteiger partial charge in [0.15, 0.2) is 0 Å². The van der Waals surface area contributed by atoms with Crippen LogP contribution in [0.2, 0.25) is 0 Å². The fourth-order valence-corrected chi connectivity index (χ4v) is 5.21. The maximum Gasteiger partial charge on any atom is 1.00 e. The molecule has 104 valence electrons. The Morgan fingerprint density at radius 1 is 1.14 bits per heavy atom. The van der Waals surface area contributed by atoms with Gasteiger partial charge in [0.25, 0.3) is 0 Å². The third-order valence-electron chi connectivity index (χ3n) is 3.72. The summed E-state index contributed by atoms with van der Waals surface area (Å²) in [7, 11) is -2.34. The van der Waals surface area contributed by atoms with Crippen LogP contribution in [-0.4, -0.2) is 16.0 Å². The standard InChI is InChI=1S/C17H18NOS.Li/c19-20(16-10-5-2-6-11-16)17(12-7-13-18-20)14-15-8-3-1-4-9-15;/h1-6,8-10,17H,7,12-14H2;/q-1;+1/t17-,20+;/m0./s1. The predicted molar refractivity (Wildman–Crippen MR) is 82.1 cm³/mol. The van der Waals surface area contributed by atoms with Gasteiger partial charge in [-0.3, -0.25) is 0 Å². The van der Waals surface area contributed by atoms with Gasteiger partial charge in [-0.2, -0.15) is 30.3 Å². The molecule has 1 aliphatic rings. The van der Waals surface area contributed by atoms with Crippen molar-refractivity contribution in [3.8, 4) is 0 Å². The number of benzene rings is 2. The Morgan fingerprint density at radius 3 is 2.62 bits per heavy atom. The second kappa shape index (κ2) is 7.31. The average molecular weight is 291 g/mol. The number of rotatable bonds is 3. The summed E-state index contributed by atoms with van der Waals surface area (Å²) in [5, 5.41) is 0.0947. The van der Waals surface area contributed by atoms with Crippen LogP contribution in [0.5, 0.6) is 0 Å². The molecule has 0 fully saturated rings. The van der Waals surface area contributed by atoms with E-state index in [9.17, 15) is 4.21 Å². The van der Waals surface area contributed by atoms with E-state index in [-0.39, 0.29) is 24.1 Å². The molecule has 0 aromatic heterocycles. The van der Waals surface area contributed by atoms with E-state index in [1.165, 1.54) is 5.56 Å². The zero-order valence-corrected chi connectivity index (χ0v) is 13.2. The van der Waals surface area contributed by atoms with Crippen LogP contribution in [0.1, 0.15) is 18.4 Å². The maximum absolute atomic E-state index is 13.3. The molecule has 0 unspecified atom stereocenters. The Labute approximate surface area is 139 Å². The van der Waals surface area contributed by atoms with Crippen LogP contribution in [0.4, 0.5) is 0 Å². The molecule has 2 nitrogen and oxygen atoms in total. The van der Waals surface area contributed by atoms with Gasteiger partial charge in [-0.25, -0.2) is 8.57 Å². The molecule has 4 heteroatoms. The second-order valence-electron chi connectivity index (χ2n) is 5.10. The van der Waals surface area contributed by atoms with E-state index in [0.717, 1.165) is 24.2 Å². The van der Waals surface area contributed by atoms with Crippen molar-refractivity contribution < 1.29 is 23.1 Å². The second-order valence-corrected chi connectivity index (χ2v) is 7.60. The molecule has 0 N–H and O–H groups in total. The van der Waals surface area contributed by atoms with Gasteiger partial charge in [0.1, 0.15) is 0 Å². The van der Waals surface area contributed by atoms with E-state index < -0.39 is 9.73 Å². The monoisotopic (exact) mass is 291 g/mol. The van der Waals surface area contributed by atoms with Gasteiger partial charge in [-0.1, -0.05) is 35.2 Å². The Morgan fingerprint density at radius 2 is 1.90 bits per heavy atom. The maximum atomic E-state index is 13.3. The van der Waals surface area contributed by atoms with Crippen molar-refractivity contribution in [1.82, 2.24) is 0 Å². The fraction of sp³-hybridized carbons (Fsp3) is 0.294. The van der Waals surface area contributed by atoms with Crippen molar-refractivity contribution in [3.05, 3.63) is 66.2 Å². The van der Waals surface area contributed by atoms with Crippen LogP contribution < -0.4 is 18.9 Å². The Hall–Kier alpha value is -1.01. The zero-order valence-electron chi connectivity index (χ0n) is 12.4. The normalized spacial score (nSPS) is 24.7.